The van der Waals surface area contributed by atoms with Gasteiger partial charge in [-0.25, -0.2) is 0 Å². The van der Waals surface area contributed by atoms with E-state index >= 15 is 0 Å². The van der Waals surface area contributed by atoms with Crippen molar-refractivity contribution in [3.8, 4) is 11.1 Å². The molecule has 7 aromatic carbocycles. The summed E-state index contributed by atoms with van der Waals surface area (Å²) in [4.78, 5) is 2.50. The maximum Gasteiger partial charge on any atom is 0.333 e. The Kier molecular flexibility index (Phi) is 4.15. The van der Waals surface area contributed by atoms with Crippen LogP contribution in [0.5, 0.6) is 0 Å². The van der Waals surface area contributed by atoms with Crippen LogP contribution in [0.1, 0.15) is 0 Å². The van der Waals surface area contributed by atoms with Crippen molar-refractivity contribution >= 4 is 89.2 Å². The fourth-order valence-electron chi connectivity index (χ4n) is 8.26. The maximum atomic E-state index is 6.23. The number of furan rings is 1. The minimum atomic E-state index is 0.00733. The molecule has 0 aliphatic carbocycles. The van der Waals surface area contributed by atoms with Crippen LogP contribution < -0.4 is 15.8 Å². The topological polar surface area (TPSA) is 21.3 Å². The van der Waals surface area contributed by atoms with Gasteiger partial charge in [-0.1, -0.05) is 103 Å². The van der Waals surface area contributed by atoms with Gasteiger partial charge in [0.15, 0.2) is 0 Å². The fourth-order valence-corrected chi connectivity index (χ4v) is 8.26. The highest BCUT2D eigenvalue weighted by atomic mass is 16.3. The molecule has 2 aliphatic heterocycles. The first-order chi connectivity index (χ1) is 21.8. The number of rotatable bonds is 1. The summed E-state index contributed by atoms with van der Waals surface area (Å²) >= 11 is 0. The molecule has 4 heteroatoms. The van der Waals surface area contributed by atoms with Gasteiger partial charge in [0.05, 0.1) is 12.0 Å². The van der Waals surface area contributed by atoms with Gasteiger partial charge in [-0.2, -0.15) is 0 Å². The summed E-state index contributed by atoms with van der Waals surface area (Å²) < 4.78 is 8.84. The lowest BCUT2D eigenvalue weighted by atomic mass is 9.44. The third-order valence-corrected chi connectivity index (χ3v) is 9.99. The molecule has 0 bridgehead atoms. The van der Waals surface area contributed by atoms with Crippen LogP contribution in [0, 0.1) is 0 Å². The van der Waals surface area contributed by atoms with E-state index in [4.69, 9.17) is 4.42 Å². The lowest BCUT2D eigenvalue weighted by Crippen LogP contribution is -2.56. The summed E-state index contributed by atoms with van der Waals surface area (Å²) in [6, 6.07) is 49.1. The molecule has 0 atom stereocenters. The third-order valence-electron chi connectivity index (χ3n) is 9.99. The predicted molar refractivity (Wildman–Crippen MR) is 185 cm³/mol. The second kappa shape index (κ2) is 8.00. The van der Waals surface area contributed by atoms with Crippen LogP contribution in [0.2, 0.25) is 0 Å². The zero-order valence-electron chi connectivity index (χ0n) is 23.7. The molecule has 2 aromatic heterocycles. The Morgan fingerprint density at radius 1 is 0.568 bits per heavy atom. The number of fused-ring (bicyclic) bond motifs is 12. The van der Waals surface area contributed by atoms with Gasteiger partial charge in [-0.05, 0) is 56.9 Å². The van der Waals surface area contributed by atoms with Crippen LogP contribution in [-0.2, 0) is 0 Å². The van der Waals surface area contributed by atoms with Gasteiger partial charge in [-0.15, -0.1) is 0 Å². The van der Waals surface area contributed by atoms with Crippen LogP contribution in [0.4, 0.5) is 17.1 Å². The van der Waals surface area contributed by atoms with Crippen LogP contribution in [0.3, 0.4) is 0 Å². The highest BCUT2D eigenvalue weighted by Crippen LogP contribution is 2.49. The summed E-state index contributed by atoms with van der Waals surface area (Å²) in [5.74, 6) is 0. The molecule has 0 unspecified atom stereocenters. The lowest BCUT2D eigenvalue weighted by Gasteiger charge is -2.41. The molecule has 0 saturated carbocycles. The number of anilines is 3. The van der Waals surface area contributed by atoms with Crippen molar-refractivity contribution in [2.24, 2.45) is 0 Å². The van der Waals surface area contributed by atoms with Crippen molar-refractivity contribution < 1.29 is 4.42 Å². The average Bonchev–Trinajstić information content (AvgIpc) is 3.69. The molecule has 0 fully saturated rings. The second-order valence-electron chi connectivity index (χ2n) is 12.1. The summed E-state index contributed by atoms with van der Waals surface area (Å²) in [6.45, 7) is 0.00733. The molecular weight excluding hydrogens is 535 g/mol. The molecule has 2 aliphatic rings. The summed E-state index contributed by atoms with van der Waals surface area (Å²) in [6.07, 6.45) is 1.84. The molecule has 9 aromatic rings. The van der Waals surface area contributed by atoms with Crippen molar-refractivity contribution in [2.75, 3.05) is 4.90 Å². The molecule has 0 N–H and O–H groups in total. The van der Waals surface area contributed by atoms with Crippen LogP contribution in [0.15, 0.2) is 144 Å². The van der Waals surface area contributed by atoms with E-state index in [1.54, 1.807) is 0 Å². The molecule has 202 valence electrons. The van der Waals surface area contributed by atoms with Crippen molar-refractivity contribution in [3.63, 3.8) is 0 Å². The Labute approximate surface area is 253 Å². The van der Waals surface area contributed by atoms with Crippen LogP contribution in [0.25, 0.3) is 65.4 Å². The minimum absolute atomic E-state index is 0.00733. The Morgan fingerprint density at radius 2 is 1.34 bits per heavy atom. The van der Waals surface area contributed by atoms with Gasteiger partial charge in [0.25, 0.3) is 0 Å². The highest BCUT2D eigenvalue weighted by molar-refractivity contribution is 6.90. The van der Waals surface area contributed by atoms with E-state index in [1.165, 1.54) is 82.2 Å². The number of hydrogen-bond acceptors (Lipinski definition) is 2. The van der Waals surface area contributed by atoms with Gasteiger partial charge in [0.1, 0.15) is 5.58 Å². The van der Waals surface area contributed by atoms with Crippen molar-refractivity contribution in [2.45, 2.75) is 0 Å². The Balaban J connectivity index is 1.38. The number of para-hydroxylation sites is 2. The van der Waals surface area contributed by atoms with Gasteiger partial charge in [0, 0.05) is 55.6 Å². The van der Waals surface area contributed by atoms with E-state index in [0.29, 0.717) is 0 Å². The van der Waals surface area contributed by atoms with Crippen molar-refractivity contribution in [3.05, 3.63) is 140 Å². The Hall–Kier alpha value is -5.74. The molecule has 0 amide bonds. The van der Waals surface area contributed by atoms with Crippen molar-refractivity contribution in [1.29, 1.82) is 0 Å². The SMILES string of the molecule is c1ccc2cc(N3c4cc5occc5c5c4B(c4ccc6ccccc6c43)n3c4ccccc4c4cccc-5c43)ccc2c1. The van der Waals surface area contributed by atoms with E-state index in [1.807, 2.05) is 6.26 Å². The maximum absolute atomic E-state index is 6.23. The quantitative estimate of drug-likeness (QED) is 0.187. The highest BCUT2D eigenvalue weighted by Gasteiger charge is 2.44. The average molecular weight is 558 g/mol. The van der Waals surface area contributed by atoms with Gasteiger partial charge in [-0.3, -0.25) is 0 Å². The summed E-state index contributed by atoms with van der Waals surface area (Å²) in [5.41, 5.74) is 12.2. The van der Waals surface area contributed by atoms with E-state index in [2.05, 4.69) is 143 Å². The van der Waals surface area contributed by atoms with Gasteiger partial charge < -0.3 is 13.8 Å². The number of nitrogens with zero attached hydrogens (tertiary/aromatic N) is 2. The summed E-state index contributed by atoms with van der Waals surface area (Å²) in [5, 5.41) is 8.70. The monoisotopic (exact) mass is 558 g/mol. The molecule has 0 radical (unpaired) electrons. The zero-order chi connectivity index (χ0) is 28.5. The zero-order valence-corrected chi connectivity index (χ0v) is 23.7. The Morgan fingerprint density at radius 3 is 2.27 bits per heavy atom. The van der Waals surface area contributed by atoms with E-state index in [-0.39, 0.29) is 6.85 Å². The molecule has 0 spiro atoms. The molecule has 0 saturated heterocycles. The van der Waals surface area contributed by atoms with E-state index < -0.39 is 0 Å². The molecule has 4 heterocycles. The standard InChI is InChI=1S/C40H23BN2O/c1-2-10-26-22-27(18-16-24(26)8-1)42-35-23-36-31(20-21-44-36)37-32-14-7-13-30-29-12-5-6-15-34(29)43(39(30)32)41(38(35)37)33-19-17-25-9-3-4-11-28(25)40(33)42/h1-23H. The lowest BCUT2D eigenvalue weighted by molar-refractivity contribution is 0.616. The number of hydrogen-bond donors (Lipinski definition) is 0. The molecule has 3 nitrogen and oxygen atoms in total. The first kappa shape index (κ1) is 22.8. The van der Waals surface area contributed by atoms with E-state index in [0.717, 1.165) is 11.3 Å². The van der Waals surface area contributed by atoms with Crippen LogP contribution in [-0.4, -0.2) is 11.3 Å². The first-order valence-corrected chi connectivity index (χ1v) is 15.2. The molecular formula is C40H23BN2O. The first-order valence-electron chi connectivity index (χ1n) is 15.2. The predicted octanol–water partition coefficient (Wildman–Crippen LogP) is 9.26. The van der Waals surface area contributed by atoms with E-state index in [9.17, 15) is 0 Å². The van der Waals surface area contributed by atoms with Gasteiger partial charge >= 0.3 is 6.85 Å². The Bertz CT molecular complexity index is 2700. The normalized spacial score (nSPS) is 13.4. The summed E-state index contributed by atoms with van der Waals surface area (Å²) in [7, 11) is 0. The molecule has 44 heavy (non-hydrogen) atoms. The smallest absolute Gasteiger partial charge is 0.333 e. The third kappa shape index (κ3) is 2.70. The second-order valence-corrected chi connectivity index (χ2v) is 12.1. The fraction of sp³-hybridized carbons (Fsp3) is 0. The number of aromatic nitrogens is 1. The van der Waals surface area contributed by atoms with Crippen LogP contribution >= 0.6 is 0 Å². The number of benzene rings is 7. The molecule has 11 rings (SSSR count). The largest absolute Gasteiger partial charge is 0.464 e. The minimum Gasteiger partial charge on any atom is -0.464 e. The van der Waals surface area contributed by atoms with Gasteiger partial charge in [0.2, 0.25) is 0 Å². The van der Waals surface area contributed by atoms with Crippen molar-refractivity contribution in [1.82, 2.24) is 4.48 Å².